The molecule has 33 heavy (non-hydrogen) atoms. The fourth-order valence-electron chi connectivity index (χ4n) is 4.69. The van der Waals surface area contributed by atoms with Crippen LogP contribution in [0.3, 0.4) is 0 Å². The molecule has 3 aromatic carbocycles. The maximum Gasteiger partial charge on any atom is 0.261 e. The molecule has 174 valence electrons. The van der Waals surface area contributed by atoms with Crippen molar-refractivity contribution in [2.75, 3.05) is 13.2 Å². The summed E-state index contributed by atoms with van der Waals surface area (Å²) in [4.78, 5) is 0. The van der Waals surface area contributed by atoms with Crippen molar-refractivity contribution in [1.29, 1.82) is 0 Å². The minimum absolute atomic E-state index is 0.0215. The third-order valence-corrected chi connectivity index (χ3v) is 11.3. The maximum atomic E-state index is 9.08. The molecule has 0 unspecified atom stereocenters. The van der Waals surface area contributed by atoms with Gasteiger partial charge in [-0.2, -0.15) is 0 Å². The molecule has 0 bridgehead atoms. The average Bonchev–Trinajstić information content (AvgIpc) is 2.83. The Bertz CT molecular complexity index is 951. The number of hydrogen-bond donors (Lipinski definition) is 1. The van der Waals surface area contributed by atoms with Crippen LogP contribution in [0.1, 0.15) is 51.2 Å². The molecular weight excluding hydrogens is 420 g/mol. The fourth-order valence-corrected chi connectivity index (χ4v) is 9.29. The molecule has 0 saturated heterocycles. The Morgan fingerprint density at radius 1 is 0.758 bits per heavy atom. The molecule has 3 rings (SSSR count). The van der Waals surface area contributed by atoms with Gasteiger partial charge in [0.25, 0.3) is 8.32 Å². The second-order valence-corrected chi connectivity index (χ2v) is 13.9. The van der Waals surface area contributed by atoms with E-state index in [9.17, 15) is 0 Å². The Kier molecular flexibility index (Phi) is 9.25. The predicted molar refractivity (Wildman–Crippen MR) is 144 cm³/mol. The van der Waals surface area contributed by atoms with Gasteiger partial charge in [0.2, 0.25) is 0 Å². The van der Waals surface area contributed by atoms with E-state index in [1.54, 1.807) is 6.08 Å². The van der Waals surface area contributed by atoms with Gasteiger partial charge in [0, 0.05) is 6.61 Å². The molecule has 0 atom stereocenters. The molecule has 3 aromatic rings. The quantitative estimate of drug-likeness (QED) is 0.283. The van der Waals surface area contributed by atoms with Gasteiger partial charge >= 0.3 is 0 Å². The molecule has 0 aliphatic heterocycles. The molecule has 0 radical (unpaired) electrons. The minimum Gasteiger partial charge on any atom is -0.407 e. The first kappa shape index (κ1) is 25.2. The van der Waals surface area contributed by atoms with E-state index >= 15 is 0 Å². The molecule has 0 spiro atoms. The summed E-state index contributed by atoms with van der Waals surface area (Å²) in [5.74, 6) is 0. The number of benzene rings is 3. The van der Waals surface area contributed by atoms with E-state index in [0.717, 1.165) is 32.3 Å². The molecule has 0 fully saturated rings. The number of hydrogen-bond acceptors (Lipinski definition) is 2. The number of unbranched alkanes of at least 4 members (excludes halogenated alkanes) is 2. The molecule has 0 saturated carbocycles. The van der Waals surface area contributed by atoms with Crippen LogP contribution >= 0.6 is 0 Å². The maximum absolute atomic E-state index is 9.08. The minimum atomic E-state index is -2.43. The fraction of sp³-hybridized carbons (Fsp3) is 0.333. The summed E-state index contributed by atoms with van der Waals surface area (Å²) in [6.45, 7) is 7.84. The highest BCUT2D eigenvalue weighted by molar-refractivity contribution is 6.99. The molecule has 1 N–H and O–H groups in total. The Morgan fingerprint density at radius 2 is 1.33 bits per heavy atom. The summed E-state index contributed by atoms with van der Waals surface area (Å²) in [6.07, 6.45) is 8.19. The smallest absolute Gasteiger partial charge is 0.261 e. The lowest BCUT2D eigenvalue weighted by Crippen LogP contribution is -2.66. The van der Waals surface area contributed by atoms with E-state index in [1.807, 2.05) is 6.08 Å². The van der Waals surface area contributed by atoms with Gasteiger partial charge in [-0.3, -0.25) is 0 Å². The molecule has 2 nitrogen and oxygen atoms in total. The lowest BCUT2D eigenvalue weighted by Gasteiger charge is -2.43. The summed E-state index contributed by atoms with van der Waals surface area (Å²) >= 11 is 0. The van der Waals surface area contributed by atoms with Gasteiger partial charge in [-0.25, -0.2) is 0 Å². The van der Waals surface area contributed by atoms with Crippen molar-refractivity contribution in [3.63, 3.8) is 0 Å². The van der Waals surface area contributed by atoms with Crippen LogP contribution in [0.2, 0.25) is 5.04 Å². The highest BCUT2D eigenvalue weighted by atomic mass is 28.4. The van der Waals surface area contributed by atoms with Crippen molar-refractivity contribution < 1.29 is 9.53 Å². The summed E-state index contributed by atoms with van der Waals surface area (Å²) in [5.41, 5.74) is 2.55. The topological polar surface area (TPSA) is 29.5 Å². The standard InChI is InChI=1S/C30H38O2Si/c1-30(2,3)33(28-20-8-4-9-21-28,29-22-10-5-11-23-29)32-25-14-6-7-16-26-17-12-13-18-27(26)19-15-24-31/h4-5,8-13,15,17-23,31H,6-7,14,16,24-25H2,1-3H3/b19-15+. The van der Waals surface area contributed by atoms with Crippen LogP contribution in [0.5, 0.6) is 0 Å². The summed E-state index contributed by atoms with van der Waals surface area (Å²) in [7, 11) is -2.43. The van der Waals surface area contributed by atoms with Crippen LogP contribution in [0.15, 0.2) is 91.0 Å². The van der Waals surface area contributed by atoms with Crippen LogP contribution in [0.4, 0.5) is 0 Å². The number of rotatable bonds is 11. The van der Waals surface area contributed by atoms with E-state index in [2.05, 4.69) is 106 Å². The van der Waals surface area contributed by atoms with Crippen LogP contribution in [-0.2, 0) is 10.8 Å². The number of aryl methyl sites for hydroxylation is 1. The van der Waals surface area contributed by atoms with Crippen molar-refractivity contribution in [2.24, 2.45) is 0 Å². The van der Waals surface area contributed by atoms with Gasteiger partial charge in [0.15, 0.2) is 0 Å². The van der Waals surface area contributed by atoms with Crippen LogP contribution in [0.25, 0.3) is 6.08 Å². The van der Waals surface area contributed by atoms with Crippen molar-refractivity contribution in [2.45, 2.75) is 51.5 Å². The Labute approximate surface area is 201 Å². The van der Waals surface area contributed by atoms with Crippen LogP contribution < -0.4 is 10.4 Å². The van der Waals surface area contributed by atoms with Crippen LogP contribution in [-0.4, -0.2) is 26.6 Å². The molecule has 0 heterocycles. The second-order valence-electron chi connectivity index (χ2n) is 9.61. The van der Waals surface area contributed by atoms with Crippen molar-refractivity contribution in [3.05, 3.63) is 102 Å². The molecule has 0 amide bonds. The zero-order chi connectivity index (χ0) is 23.6. The molecule has 0 aliphatic rings. The second kappa shape index (κ2) is 12.1. The largest absolute Gasteiger partial charge is 0.407 e. The van der Waals surface area contributed by atoms with Crippen LogP contribution in [0, 0.1) is 0 Å². The van der Waals surface area contributed by atoms with E-state index < -0.39 is 8.32 Å². The van der Waals surface area contributed by atoms with E-state index in [-0.39, 0.29) is 11.6 Å². The third-order valence-electron chi connectivity index (χ3n) is 6.28. The summed E-state index contributed by atoms with van der Waals surface area (Å²) in [6, 6.07) is 30.2. The molecule has 0 aliphatic carbocycles. The zero-order valence-electron chi connectivity index (χ0n) is 20.3. The van der Waals surface area contributed by atoms with E-state index in [0.29, 0.717) is 0 Å². The first-order chi connectivity index (χ1) is 16.0. The lowest BCUT2D eigenvalue weighted by molar-refractivity contribution is 0.287. The highest BCUT2D eigenvalue weighted by Gasteiger charge is 2.49. The first-order valence-electron chi connectivity index (χ1n) is 12.1. The normalized spacial score (nSPS) is 12.4. The zero-order valence-corrected chi connectivity index (χ0v) is 21.3. The number of aliphatic hydroxyl groups is 1. The average molecular weight is 459 g/mol. The van der Waals surface area contributed by atoms with Gasteiger partial charge in [0.1, 0.15) is 0 Å². The SMILES string of the molecule is CC(C)(C)[Si](OCCCCCc1ccccc1/C=C/CO)(c1ccccc1)c1ccccc1. The van der Waals surface area contributed by atoms with Crippen molar-refractivity contribution in [3.8, 4) is 0 Å². The van der Waals surface area contributed by atoms with Gasteiger partial charge in [-0.15, -0.1) is 0 Å². The Hall–Kier alpha value is -2.46. The van der Waals surface area contributed by atoms with Gasteiger partial charge < -0.3 is 9.53 Å². The van der Waals surface area contributed by atoms with Gasteiger partial charge in [-0.05, 0) is 45.8 Å². The van der Waals surface area contributed by atoms with Gasteiger partial charge in [0.05, 0.1) is 6.61 Å². The van der Waals surface area contributed by atoms with Crippen molar-refractivity contribution in [1.82, 2.24) is 0 Å². The summed E-state index contributed by atoms with van der Waals surface area (Å²) in [5, 5.41) is 11.8. The highest BCUT2D eigenvalue weighted by Crippen LogP contribution is 2.36. The van der Waals surface area contributed by atoms with E-state index in [4.69, 9.17) is 9.53 Å². The monoisotopic (exact) mass is 458 g/mol. The van der Waals surface area contributed by atoms with E-state index in [1.165, 1.54) is 21.5 Å². The molecule has 0 aromatic heterocycles. The third kappa shape index (κ3) is 6.32. The summed E-state index contributed by atoms with van der Waals surface area (Å²) < 4.78 is 7.00. The lowest BCUT2D eigenvalue weighted by atomic mass is 10.0. The first-order valence-corrected chi connectivity index (χ1v) is 14.0. The Balaban J connectivity index is 1.68. The van der Waals surface area contributed by atoms with Crippen molar-refractivity contribution >= 4 is 24.8 Å². The molecule has 3 heteroatoms. The Morgan fingerprint density at radius 3 is 1.91 bits per heavy atom. The molecular formula is C30H38O2Si. The predicted octanol–water partition coefficient (Wildman–Crippen LogP) is 5.98. The number of aliphatic hydroxyl groups excluding tert-OH is 1. The van der Waals surface area contributed by atoms with Gasteiger partial charge in [-0.1, -0.05) is 124 Å².